The molecule has 0 aromatic heterocycles. The van der Waals surface area contributed by atoms with E-state index in [0.29, 0.717) is 6.42 Å². The average molecular weight is 265 g/mol. The molecule has 1 rings (SSSR count). The Morgan fingerprint density at radius 2 is 2.17 bits per heavy atom. The number of thiocarbonyl (C=S) groups is 1. The molecule has 0 bridgehead atoms. The highest BCUT2D eigenvalue weighted by atomic mass is 32.1. The maximum absolute atomic E-state index is 11.9. The van der Waals surface area contributed by atoms with Crippen molar-refractivity contribution in [3.63, 3.8) is 0 Å². The van der Waals surface area contributed by atoms with Gasteiger partial charge in [-0.2, -0.15) is 0 Å². The normalized spacial score (nSPS) is 13.5. The van der Waals surface area contributed by atoms with Gasteiger partial charge in [0.2, 0.25) is 0 Å². The number of carbonyl (C=O) groups is 1. The second kappa shape index (κ2) is 5.82. The standard InChI is InChI=1S/C13H19N3OS/c1-4-13(3,11(14)18)16-12(17)15-10-7-5-6-9(2)8-10/h5-8H,4H2,1-3H3,(H2,14,18)(H2,15,16,17). The maximum Gasteiger partial charge on any atom is 0.320 e. The van der Waals surface area contributed by atoms with Crippen LogP contribution >= 0.6 is 12.2 Å². The van der Waals surface area contributed by atoms with Crippen molar-refractivity contribution in [1.82, 2.24) is 5.32 Å². The first kappa shape index (κ1) is 14.4. The molecule has 4 N–H and O–H groups in total. The lowest BCUT2D eigenvalue weighted by atomic mass is 9.99. The smallest absolute Gasteiger partial charge is 0.320 e. The van der Waals surface area contributed by atoms with Gasteiger partial charge in [-0.1, -0.05) is 31.3 Å². The van der Waals surface area contributed by atoms with Crippen molar-refractivity contribution in [2.75, 3.05) is 5.32 Å². The number of aryl methyl sites for hydroxylation is 1. The zero-order valence-electron chi connectivity index (χ0n) is 10.9. The predicted molar refractivity (Wildman–Crippen MR) is 78.8 cm³/mol. The second-order valence-electron chi connectivity index (χ2n) is 4.50. The molecule has 18 heavy (non-hydrogen) atoms. The van der Waals surface area contributed by atoms with Gasteiger partial charge in [-0.15, -0.1) is 0 Å². The summed E-state index contributed by atoms with van der Waals surface area (Å²) in [6.45, 7) is 5.70. The fraction of sp³-hybridized carbons (Fsp3) is 0.385. The third-order valence-electron chi connectivity index (χ3n) is 2.92. The Morgan fingerprint density at radius 1 is 1.50 bits per heavy atom. The summed E-state index contributed by atoms with van der Waals surface area (Å²) >= 11 is 4.97. The van der Waals surface area contributed by atoms with Crippen LogP contribution in [0.25, 0.3) is 0 Å². The van der Waals surface area contributed by atoms with Gasteiger partial charge in [-0.05, 0) is 38.0 Å². The molecular formula is C13H19N3OS. The highest BCUT2D eigenvalue weighted by Crippen LogP contribution is 2.12. The number of urea groups is 1. The second-order valence-corrected chi connectivity index (χ2v) is 4.94. The average Bonchev–Trinajstić information content (AvgIpc) is 2.28. The zero-order valence-corrected chi connectivity index (χ0v) is 11.7. The molecule has 1 unspecified atom stereocenters. The van der Waals surface area contributed by atoms with Crippen LogP contribution in [0.1, 0.15) is 25.8 Å². The van der Waals surface area contributed by atoms with Gasteiger partial charge in [-0.3, -0.25) is 0 Å². The van der Waals surface area contributed by atoms with Gasteiger partial charge in [0.15, 0.2) is 0 Å². The SMILES string of the molecule is CCC(C)(NC(=O)Nc1cccc(C)c1)C(N)=S. The van der Waals surface area contributed by atoms with Crippen LogP contribution in [-0.2, 0) is 0 Å². The molecule has 4 nitrogen and oxygen atoms in total. The van der Waals surface area contributed by atoms with E-state index in [1.165, 1.54) is 0 Å². The van der Waals surface area contributed by atoms with Crippen LogP contribution in [0, 0.1) is 6.92 Å². The third-order valence-corrected chi connectivity index (χ3v) is 3.37. The Labute approximate surface area is 113 Å². The lowest BCUT2D eigenvalue weighted by Gasteiger charge is -2.28. The van der Waals surface area contributed by atoms with E-state index in [4.69, 9.17) is 18.0 Å². The minimum absolute atomic E-state index is 0.282. The van der Waals surface area contributed by atoms with Crippen molar-refractivity contribution in [3.8, 4) is 0 Å². The van der Waals surface area contributed by atoms with Crippen LogP contribution in [0.3, 0.4) is 0 Å². The minimum Gasteiger partial charge on any atom is -0.391 e. The molecule has 1 atom stereocenters. The van der Waals surface area contributed by atoms with Gasteiger partial charge < -0.3 is 16.4 Å². The summed E-state index contributed by atoms with van der Waals surface area (Å²) in [5.74, 6) is 0. The van der Waals surface area contributed by atoms with E-state index in [2.05, 4.69) is 10.6 Å². The topological polar surface area (TPSA) is 67.2 Å². The molecule has 2 amide bonds. The zero-order chi connectivity index (χ0) is 13.8. The van der Waals surface area contributed by atoms with Crippen LogP contribution in [0.15, 0.2) is 24.3 Å². The fourth-order valence-electron chi connectivity index (χ4n) is 1.46. The molecule has 0 aliphatic carbocycles. The highest BCUT2D eigenvalue weighted by Gasteiger charge is 2.27. The number of hydrogen-bond donors (Lipinski definition) is 3. The molecule has 0 spiro atoms. The van der Waals surface area contributed by atoms with Crippen LogP contribution < -0.4 is 16.4 Å². The van der Waals surface area contributed by atoms with E-state index in [1.54, 1.807) is 0 Å². The highest BCUT2D eigenvalue weighted by molar-refractivity contribution is 7.80. The Balaban J connectivity index is 2.70. The lowest BCUT2D eigenvalue weighted by molar-refractivity contribution is 0.245. The van der Waals surface area contributed by atoms with Gasteiger partial charge in [0.25, 0.3) is 0 Å². The minimum atomic E-state index is -0.663. The molecule has 1 aromatic carbocycles. The fourth-order valence-corrected chi connectivity index (χ4v) is 1.66. The van der Waals surface area contributed by atoms with Crippen molar-refractivity contribution in [2.24, 2.45) is 5.73 Å². The molecule has 0 aliphatic rings. The summed E-state index contributed by atoms with van der Waals surface area (Å²) in [7, 11) is 0. The van der Waals surface area contributed by atoms with E-state index in [0.717, 1.165) is 11.3 Å². The number of carbonyl (C=O) groups excluding carboxylic acids is 1. The molecule has 0 aliphatic heterocycles. The Bertz CT molecular complexity index is 461. The molecule has 0 saturated heterocycles. The summed E-state index contributed by atoms with van der Waals surface area (Å²) in [6.07, 6.45) is 0.642. The van der Waals surface area contributed by atoms with E-state index in [9.17, 15) is 4.79 Å². The van der Waals surface area contributed by atoms with Crippen molar-refractivity contribution < 1.29 is 4.79 Å². The summed E-state index contributed by atoms with van der Waals surface area (Å²) in [6, 6.07) is 7.27. The molecule has 5 heteroatoms. The molecule has 0 saturated carbocycles. The summed E-state index contributed by atoms with van der Waals surface area (Å²) < 4.78 is 0. The number of nitrogens with two attached hydrogens (primary N) is 1. The number of rotatable bonds is 4. The van der Waals surface area contributed by atoms with Crippen LogP contribution in [0.2, 0.25) is 0 Å². The Hall–Kier alpha value is -1.62. The van der Waals surface area contributed by atoms with E-state index in [1.807, 2.05) is 45.0 Å². The molecule has 0 fully saturated rings. The summed E-state index contributed by atoms with van der Waals surface area (Å²) in [4.78, 5) is 12.1. The van der Waals surface area contributed by atoms with Crippen molar-refractivity contribution in [1.29, 1.82) is 0 Å². The first-order valence-corrected chi connectivity index (χ1v) is 6.24. The largest absolute Gasteiger partial charge is 0.391 e. The Kier molecular flexibility index (Phi) is 4.67. The van der Waals surface area contributed by atoms with Gasteiger partial charge in [0.1, 0.15) is 0 Å². The van der Waals surface area contributed by atoms with Crippen LogP contribution in [-0.4, -0.2) is 16.6 Å². The summed E-state index contributed by atoms with van der Waals surface area (Å²) in [5.41, 5.74) is 6.80. The van der Waals surface area contributed by atoms with Crippen LogP contribution in [0.4, 0.5) is 10.5 Å². The number of amides is 2. The maximum atomic E-state index is 11.9. The monoisotopic (exact) mass is 265 g/mol. The first-order valence-electron chi connectivity index (χ1n) is 5.83. The molecule has 98 valence electrons. The van der Waals surface area contributed by atoms with E-state index in [-0.39, 0.29) is 11.0 Å². The number of hydrogen-bond acceptors (Lipinski definition) is 2. The molecule has 0 heterocycles. The van der Waals surface area contributed by atoms with Crippen molar-refractivity contribution in [2.45, 2.75) is 32.7 Å². The molecule has 0 radical (unpaired) electrons. The summed E-state index contributed by atoms with van der Waals surface area (Å²) in [5, 5.41) is 5.56. The molecular weight excluding hydrogens is 246 g/mol. The first-order chi connectivity index (χ1) is 8.37. The third kappa shape index (κ3) is 3.70. The quantitative estimate of drug-likeness (QED) is 0.733. The number of nitrogens with one attached hydrogen (secondary N) is 2. The van der Waals surface area contributed by atoms with Gasteiger partial charge in [-0.25, -0.2) is 4.79 Å². The van der Waals surface area contributed by atoms with E-state index < -0.39 is 5.54 Å². The number of benzene rings is 1. The number of anilines is 1. The molecule has 1 aromatic rings. The Morgan fingerprint density at radius 3 is 2.67 bits per heavy atom. The van der Waals surface area contributed by atoms with Gasteiger partial charge >= 0.3 is 6.03 Å². The lowest BCUT2D eigenvalue weighted by Crippen LogP contribution is -2.55. The van der Waals surface area contributed by atoms with Gasteiger partial charge in [0.05, 0.1) is 10.5 Å². The van der Waals surface area contributed by atoms with E-state index >= 15 is 0 Å². The van der Waals surface area contributed by atoms with Crippen molar-refractivity contribution in [3.05, 3.63) is 29.8 Å². The van der Waals surface area contributed by atoms with Crippen LogP contribution in [0.5, 0.6) is 0 Å². The van der Waals surface area contributed by atoms with Crippen molar-refractivity contribution >= 4 is 28.9 Å². The van der Waals surface area contributed by atoms with Gasteiger partial charge in [0, 0.05) is 5.69 Å². The predicted octanol–water partition coefficient (Wildman–Crippen LogP) is 2.57.